The van der Waals surface area contributed by atoms with Gasteiger partial charge in [-0.15, -0.1) is 0 Å². The minimum absolute atomic E-state index is 0.0271. The summed E-state index contributed by atoms with van der Waals surface area (Å²) in [5.41, 5.74) is 6.01. The van der Waals surface area contributed by atoms with Crippen LogP contribution >= 0.6 is 11.3 Å². The second-order valence-corrected chi connectivity index (χ2v) is 7.06. The summed E-state index contributed by atoms with van der Waals surface area (Å²) >= 11 is 0.649. The number of rotatable bonds is 6. The van der Waals surface area contributed by atoms with Crippen molar-refractivity contribution in [3.05, 3.63) is 39.6 Å². The van der Waals surface area contributed by atoms with Crippen LogP contribution in [0.2, 0.25) is 0 Å². The Morgan fingerprint density at radius 3 is 2.81 bits per heavy atom. The molecule has 0 aliphatic rings. The molecule has 21 heavy (non-hydrogen) atoms. The van der Waals surface area contributed by atoms with E-state index in [4.69, 9.17) is 10.5 Å². The lowest BCUT2D eigenvalue weighted by molar-refractivity contribution is 0.328. The van der Waals surface area contributed by atoms with E-state index in [0.29, 0.717) is 41.6 Å². The summed E-state index contributed by atoms with van der Waals surface area (Å²) in [6.07, 6.45) is 0. The van der Waals surface area contributed by atoms with Gasteiger partial charge in [0.25, 0.3) is 10.0 Å². The van der Waals surface area contributed by atoms with Crippen molar-refractivity contribution in [3.63, 3.8) is 0 Å². The molecule has 0 aliphatic heterocycles. The van der Waals surface area contributed by atoms with Crippen LogP contribution in [0.1, 0.15) is 5.69 Å². The van der Waals surface area contributed by atoms with Crippen molar-refractivity contribution in [2.45, 2.75) is 11.1 Å². The van der Waals surface area contributed by atoms with E-state index >= 15 is 0 Å². The minimum Gasteiger partial charge on any atom is -0.492 e. The number of H-pyrrole nitrogens is 1. The molecule has 4 N–H and O–H groups in total. The predicted molar refractivity (Wildman–Crippen MR) is 81.5 cm³/mol. The summed E-state index contributed by atoms with van der Waals surface area (Å²) < 4.78 is 32.2. The Balaban J connectivity index is 2.24. The number of aromatic nitrogens is 1. The normalized spacial score (nSPS) is 11.3. The number of aromatic amines is 1. The van der Waals surface area contributed by atoms with Crippen LogP contribution in [-0.2, 0) is 10.0 Å². The Morgan fingerprint density at radius 1 is 1.43 bits per heavy atom. The average Bonchev–Trinajstić information content (AvgIpc) is 2.76. The number of sulfonamides is 1. The largest absolute Gasteiger partial charge is 0.492 e. The number of nitrogens with one attached hydrogen (secondary N) is 2. The van der Waals surface area contributed by atoms with Gasteiger partial charge >= 0.3 is 4.87 Å². The summed E-state index contributed by atoms with van der Waals surface area (Å²) in [5.74, 6) is 0.514. The predicted octanol–water partition coefficient (Wildman–Crippen LogP) is 0.883. The zero-order valence-electron chi connectivity index (χ0n) is 11.3. The van der Waals surface area contributed by atoms with Gasteiger partial charge in [-0.1, -0.05) is 17.4 Å². The average molecular weight is 329 g/mol. The number of hydrogen-bond donors (Lipinski definition) is 3. The molecule has 7 nitrogen and oxygen atoms in total. The SMILES string of the molecule is Cc1[nH]c(=O)sc1S(=O)(=O)Nc1cccc(OCCN)c1. The van der Waals surface area contributed by atoms with Gasteiger partial charge in [0, 0.05) is 18.3 Å². The first-order valence-corrected chi connectivity index (χ1v) is 8.38. The first-order valence-electron chi connectivity index (χ1n) is 6.08. The lowest BCUT2D eigenvalue weighted by Gasteiger charge is -2.09. The second-order valence-electron chi connectivity index (χ2n) is 4.20. The summed E-state index contributed by atoms with van der Waals surface area (Å²) in [6, 6.07) is 6.51. The second kappa shape index (κ2) is 6.29. The van der Waals surface area contributed by atoms with Crippen molar-refractivity contribution in [2.75, 3.05) is 17.9 Å². The lowest BCUT2D eigenvalue weighted by Crippen LogP contribution is -2.13. The van der Waals surface area contributed by atoms with Crippen molar-refractivity contribution in [3.8, 4) is 5.75 Å². The van der Waals surface area contributed by atoms with Crippen LogP contribution in [-0.4, -0.2) is 26.6 Å². The van der Waals surface area contributed by atoms with Gasteiger partial charge in [0.1, 0.15) is 12.4 Å². The Labute approximate surface area is 125 Å². The fourth-order valence-corrected chi connectivity index (χ4v) is 4.03. The third-order valence-electron chi connectivity index (χ3n) is 2.50. The van der Waals surface area contributed by atoms with Crippen molar-refractivity contribution in [1.82, 2.24) is 4.98 Å². The van der Waals surface area contributed by atoms with Crippen LogP contribution < -0.4 is 20.1 Å². The summed E-state index contributed by atoms with van der Waals surface area (Å²) in [7, 11) is -3.80. The molecule has 0 unspecified atom stereocenters. The summed E-state index contributed by atoms with van der Waals surface area (Å²) in [4.78, 5) is 13.3. The lowest BCUT2D eigenvalue weighted by atomic mass is 10.3. The van der Waals surface area contributed by atoms with E-state index in [-0.39, 0.29) is 4.21 Å². The van der Waals surface area contributed by atoms with Gasteiger partial charge in [0.2, 0.25) is 0 Å². The fourth-order valence-electron chi connectivity index (χ4n) is 1.67. The van der Waals surface area contributed by atoms with Crippen molar-refractivity contribution < 1.29 is 13.2 Å². The maximum absolute atomic E-state index is 12.2. The van der Waals surface area contributed by atoms with Crippen LogP contribution in [0.15, 0.2) is 33.3 Å². The smallest absolute Gasteiger partial charge is 0.306 e. The standard InChI is InChI=1S/C12H15N3O4S2/c1-8-11(20-12(16)14-8)21(17,18)15-9-3-2-4-10(7-9)19-6-5-13/h2-4,7,15H,5-6,13H2,1H3,(H,14,16). The number of ether oxygens (including phenoxy) is 1. The summed E-state index contributed by atoms with van der Waals surface area (Å²) in [5, 5.41) is 0. The molecular weight excluding hydrogens is 314 g/mol. The molecule has 0 radical (unpaired) electrons. The Kier molecular flexibility index (Phi) is 4.66. The molecule has 1 aromatic carbocycles. The van der Waals surface area contributed by atoms with E-state index < -0.39 is 14.9 Å². The highest BCUT2D eigenvalue weighted by Gasteiger charge is 2.20. The number of anilines is 1. The van der Waals surface area contributed by atoms with Gasteiger partial charge in [0.05, 0.1) is 5.69 Å². The molecule has 0 bridgehead atoms. The molecule has 2 rings (SSSR count). The molecule has 0 saturated heterocycles. The molecule has 2 aromatic rings. The quantitative estimate of drug-likeness (QED) is 0.728. The van der Waals surface area contributed by atoms with E-state index in [1.165, 1.54) is 6.92 Å². The van der Waals surface area contributed by atoms with Crippen molar-refractivity contribution in [2.24, 2.45) is 5.73 Å². The zero-order chi connectivity index (χ0) is 15.5. The third-order valence-corrected chi connectivity index (χ3v) is 5.48. The Morgan fingerprint density at radius 2 is 2.19 bits per heavy atom. The summed E-state index contributed by atoms with van der Waals surface area (Å²) in [6.45, 7) is 2.24. The van der Waals surface area contributed by atoms with Gasteiger partial charge in [-0.25, -0.2) is 8.42 Å². The van der Waals surface area contributed by atoms with E-state index in [1.807, 2.05) is 0 Å². The van der Waals surface area contributed by atoms with Crippen molar-refractivity contribution >= 4 is 27.0 Å². The topological polar surface area (TPSA) is 114 Å². The van der Waals surface area contributed by atoms with Gasteiger partial charge in [0.15, 0.2) is 4.21 Å². The van der Waals surface area contributed by atoms with E-state index in [1.54, 1.807) is 24.3 Å². The van der Waals surface area contributed by atoms with Crippen LogP contribution in [0, 0.1) is 6.92 Å². The van der Waals surface area contributed by atoms with Crippen LogP contribution in [0.4, 0.5) is 5.69 Å². The highest BCUT2D eigenvalue weighted by Crippen LogP contribution is 2.23. The van der Waals surface area contributed by atoms with Gasteiger partial charge < -0.3 is 15.5 Å². The van der Waals surface area contributed by atoms with E-state index in [9.17, 15) is 13.2 Å². The van der Waals surface area contributed by atoms with Gasteiger partial charge in [-0.05, 0) is 19.1 Å². The highest BCUT2D eigenvalue weighted by atomic mass is 32.2. The molecular formula is C12H15N3O4S2. The van der Waals surface area contributed by atoms with Gasteiger partial charge in [-0.2, -0.15) is 0 Å². The molecule has 0 spiro atoms. The Hall–Kier alpha value is -1.84. The molecule has 0 saturated carbocycles. The molecule has 9 heteroatoms. The first-order chi connectivity index (χ1) is 9.92. The molecule has 1 heterocycles. The highest BCUT2D eigenvalue weighted by molar-refractivity contribution is 7.94. The zero-order valence-corrected chi connectivity index (χ0v) is 12.9. The minimum atomic E-state index is -3.80. The number of hydrogen-bond acceptors (Lipinski definition) is 6. The van der Waals surface area contributed by atoms with Crippen LogP contribution in [0.3, 0.4) is 0 Å². The molecule has 1 aromatic heterocycles. The van der Waals surface area contributed by atoms with Crippen molar-refractivity contribution in [1.29, 1.82) is 0 Å². The van der Waals surface area contributed by atoms with E-state index in [0.717, 1.165) is 0 Å². The molecule has 0 atom stereocenters. The Bertz CT molecular complexity index is 780. The number of nitrogens with two attached hydrogens (primary N) is 1. The van der Waals surface area contributed by atoms with E-state index in [2.05, 4.69) is 9.71 Å². The number of benzene rings is 1. The van der Waals surface area contributed by atoms with Crippen LogP contribution in [0.25, 0.3) is 0 Å². The molecule has 0 amide bonds. The number of aryl methyl sites for hydroxylation is 1. The molecule has 0 fully saturated rings. The van der Waals surface area contributed by atoms with Crippen LogP contribution in [0.5, 0.6) is 5.75 Å². The maximum atomic E-state index is 12.2. The molecule has 114 valence electrons. The maximum Gasteiger partial charge on any atom is 0.306 e. The molecule has 0 aliphatic carbocycles. The monoisotopic (exact) mass is 329 g/mol. The number of thiazole rings is 1. The fraction of sp³-hybridized carbons (Fsp3) is 0.250. The van der Waals surface area contributed by atoms with Gasteiger partial charge in [-0.3, -0.25) is 9.52 Å². The first kappa shape index (κ1) is 15.5. The third kappa shape index (κ3) is 3.84.